The van der Waals surface area contributed by atoms with Gasteiger partial charge in [-0.2, -0.15) is 5.26 Å². The molecule has 5 nitrogen and oxygen atoms in total. The molecule has 92 valence electrons. The topological polar surface area (TPSA) is 74.5 Å². The molecule has 0 aliphatic heterocycles. The van der Waals surface area contributed by atoms with E-state index in [4.69, 9.17) is 5.26 Å². The second-order valence-corrected chi connectivity index (χ2v) is 4.42. The number of rotatable bonds is 3. The fourth-order valence-corrected chi connectivity index (χ4v) is 2.40. The maximum Gasteiger partial charge on any atom is 0.343 e. The van der Waals surface area contributed by atoms with Crippen LogP contribution in [-0.4, -0.2) is 14.8 Å². The van der Waals surface area contributed by atoms with Crippen molar-refractivity contribution in [1.29, 1.82) is 5.26 Å². The van der Waals surface area contributed by atoms with Gasteiger partial charge in [-0.3, -0.25) is 4.57 Å². The van der Waals surface area contributed by atoms with Crippen LogP contribution < -0.4 is 5.69 Å². The van der Waals surface area contributed by atoms with Gasteiger partial charge in [0, 0.05) is 11.4 Å². The van der Waals surface area contributed by atoms with E-state index in [-0.39, 0.29) is 11.3 Å². The minimum Gasteiger partial charge on any atom is -0.270 e. The molecule has 0 saturated heterocycles. The Kier molecular flexibility index (Phi) is 3.48. The van der Waals surface area contributed by atoms with Crippen LogP contribution in [0.25, 0.3) is 0 Å². The molecule has 2 rings (SSSR count). The van der Waals surface area contributed by atoms with Crippen LogP contribution in [0.2, 0.25) is 0 Å². The molecular weight excluding hydrogens is 255 g/mol. The molecule has 1 aromatic heterocycles. The Hall–Kier alpha value is -2.07. The molecule has 0 spiro atoms. The monoisotopic (exact) mass is 264 g/mol. The van der Waals surface area contributed by atoms with Crippen molar-refractivity contribution >= 4 is 11.8 Å². The Morgan fingerprint density at radius 2 is 2.39 bits per heavy atom. The van der Waals surface area contributed by atoms with Gasteiger partial charge in [-0.1, -0.05) is 0 Å². The van der Waals surface area contributed by atoms with Gasteiger partial charge in [-0.15, -0.1) is 5.10 Å². The Morgan fingerprint density at radius 1 is 1.61 bits per heavy atom. The minimum absolute atomic E-state index is 0.220. The maximum atomic E-state index is 13.0. The summed E-state index contributed by atoms with van der Waals surface area (Å²) in [5.74, 6) is -0.467. The van der Waals surface area contributed by atoms with Crippen LogP contribution in [0.15, 0.2) is 33.0 Å². The molecule has 7 heteroatoms. The Balaban J connectivity index is 2.40. The third kappa shape index (κ3) is 2.28. The average Bonchev–Trinajstić information content (AvgIpc) is 2.72. The first-order chi connectivity index (χ1) is 8.65. The summed E-state index contributed by atoms with van der Waals surface area (Å²) in [4.78, 5) is 11.9. The van der Waals surface area contributed by atoms with Gasteiger partial charge >= 0.3 is 5.69 Å². The molecule has 0 saturated carbocycles. The fourth-order valence-electron chi connectivity index (χ4n) is 1.44. The zero-order chi connectivity index (χ0) is 13.1. The molecule has 0 aliphatic rings. The van der Waals surface area contributed by atoms with Crippen LogP contribution in [0.1, 0.15) is 12.5 Å². The maximum absolute atomic E-state index is 13.0. The summed E-state index contributed by atoms with van der Waals surface area (Å²) < 4.78 is 14.4. The zero-order valence-corrected chi connectivity index (χ0v) is 10.3. The quantitative estimate of drug-likeness (QED) is 0.916. The average molecular weight is 264 g/mol. The third-order valence-electron chi connectivity index (χ3n) is 2.30. The number of aromatic nitrogens is 3. The molecule has 0 radical (unpaired) electrons. The standard InChI is InChI=1S/C11H9FN4OS/c1-2-16-10(17)14-15-11(16)18-9-4-3-8(12)5-7(9)6-13/h3-5H,2H2,1H3,(H,14,17). The van der Waals surface area contributed by atoms with Gasteiger partial charge in [0.05, 0.1) is 5.56 Å². The highest BCUT2D eigenvalue weighted by Gasteiger charge is 2.11. The first-order valence-corrected chi connectivity index (χ1v) is 6.00. The van der Waals surface area contributed by atoms with Crippen LogP contribution in [0, 0.1) is 17.1 Å². The number of halogens is 1. The zero-order valence-electron chi connectivity index (χ0n) is 9.48. The molecule has 1 N–H and O–H groups in total. The molecule has 0 aliphatic carbocycles. The number of benzene rings is 1. The van der Waals surface area contributed by atoms with Gasteiger partial charge < -0.3 is 0 Å². The van der Waals surface area contributed by atoms with Gasteiger partial charge in [0.2, 0.25) is 0 Å². The Bertz CT molecular complexity index is 670. The number of H-pyrrole nitrogens is 1. The highest BCUT2D eigenvalue weighted by Crippen LogP contribution is 2.28. The van der Waals surface area contributed by atoms with Crippen LogP contribution >= 0.6 is 11.8 Å². The summed E-state index contributed by atoms with van der Waals surface area (Å²) in [6.07, 6.45) is 0. The van der Waals surface area contributed by atoms with Gasteiger partial charge in [-0.25, -0.2) is 14.3 Å². The van der Waals surface area contributed by atoms with E-state index >= 15 is 0 Å². The highest BCUT2D eigenvalue weighted by atomic mass is 32.2. The van der Waals surface area contributed by atoms with E-state index in [1.165, 1.54) is 16.7 Å². The number of aromatic amines is 1. The van der Waals surface area contributed by atoms with Crippen molar-refractivity contribution in [3.63, 3.8) is 0 Å². The molecule has 0 bridgehead atoms. The van der Waals surface area contributed by atoms with E-state index in [0.717, 1.165) is 17.8 Å². The molecule has 1 aromatic carbocycles. The number of nitrogens with zero attached hydrogens (tertiary/aromatic N) is 3. The van der Waals surface area contributed by atoms with Crippen LogP contribution in [0.3, 0.4) is 0 Å². The van der Waals surface area contributed by atoms with Crippen LogP contribution in [-0.2, 0) is 6.54 Å². The number of hydrogen-bond donors (Lipinski definition) is 1. The first kappa shape index (κ1) is 12.4. The lowest BCUT2D eigenvalue weighted by atomic mass is 10.2. The summed E-state index contributed by atoms with van der Waals surface area (Å²) >= 11 is 1.15. The molecule has 18 heavy (non-hydrogen) atoms. The van der Waals surface area contributed by atoms with E-state index in [1.807, 2.05) is 13.0 Å². The SMILES string of the molecule is CCn1c(Sc2ccc(F)cc2C#N)n[nH]c1=O. The number of nitrogens with one attached hydrogen (secondary N) is 1. The third-order valence-corrected chi connectivity index (χ3v) is 3.37. The molecule has 0 amide bonds. The fraction of sp³-hybridized carbons (Fsp3) is 0.182. The van der Waals surface area contributed by atoms with Gasteiger partial charge in [0.1, 0.15) is 11.9 Å². The number of hydrogen-bond acceptors (Lipinski definition) is 4. The van der Waals surface area contributed by atoms with Crippen molar-refractivity contribution < 1.29 is 4.39 Å². The molecule has 0 atom stereocenters. The summed E-state index contributed by atoms with van der Waals surface area (Å²) in [6.45, 7) is 2.29. The molecule has 2 aromatic rings. The summed E-state index contributed by atoms with van der Waals surface area (Å²) in [6, 6.07) is 5.84. The highest BCUT2D eigenvalue weighted by molar-refractivity contribution is 7.99. The van der Waals surface area contributed by atoms with Crippen molar-refractivity contribution in [1.82, 2.24) is 14.8 Å². The summed E-state index contributed by atoms with van der Waals surface area (Å²) in [7, 11) is 0. The lowest BCUT2D eigenvalue weighted by Gasteiger charge is -2.03. The summed E-state index contributed by atoms with van der Waals surface area (Å²) in [5.41, 5.74) is -0.0845. The van der Waals surface area contributed by atoms with Crippen molar-refractivity contribution in [3.8, 4) is 6.07 Å². The van der Waals surface area contributed by atoms with Crippen LogP contribution in [0.4, 0.5) is 4.39 Å². The predicted octanol–water partition coefficient (Wildman–Crippen LogP) is 1.75. The van der Waals surface area contributed by atoms with Gasteiger partial charge in [0.25, 0.3) is 0 Å². The van der Waals surface area contributed by atoms with E-state index in [0.29, 0.717) is 16.6 Å². The molecular formula is C11H9FN4OS. The molecule has 0 fully saturated rings. The molecule has 0 unspecified atom stereocenters. The second-order valence-electron chi connectivity index (χ2n) is 3.41. The van der Waals surface area contributed by atoms with E-state index < -0.39 is 5.82 Å². The Morgan fingerprint density at radius 3 is 3.06 bits per heavy atom. The van der Waals surface area contributed by atoms with Gasteiger partial charge in [0.15, 0.2) is 5.16 Å². The van der Waals surface area contributed by atoms with E-state index in [1.54, 1.807) is 0 Å². The lowest BCUT2D eigenvalue weighted by molar-refractivity contribution is 0.625. The van der Waals surface area contributed by atoms with Crippen molar-refractivity contribution in [2.75, 3.05) is 0 Å². The number of nitriles is 1. The van der Waals surface area contributed by atoms with Crippen molar-refractivity contribution in [3.05, 3.63) is 40.1 Å². The Labute approximate surface area is 106 Å². The minimum atomic E-state index is -0.467. The lowest BCUT2D eigenvalue weighted by Crippen LogP contribution is -2.16. The predicted molar refractivity (Wildman–Crippen MR) is 63.8 cm³/mol. The largest absolute Gasteiger partial charge is 0.343 e. The molecule has 1 heterocycles. The van der Waals surface area contributed by atoms with Crippen molar-refractivity contribution in [2.45, 2.75) is 23.5 Å². The van der Waals surface area contributed by atoms with E-state index in [9.17, 15) is 9.18 Å². The van der Waals surface area contributed by atoms with E-state index in [2.05, 4.69) is 10.2 Å². The second kappa shape index (κ2) is 5.06. The summed E-state index contributed by atoms with van der Waals surface area (Å²) in [5, 5.41) is 15.6. The normalized spacial score (nSPS) is 10.3. The van der Waals surface area contributed by atoms with Crippen molar-refractivity contribution in [2.24, 2.45) is 0 Å². The van der Waals surface area contributed by atoms with Gasteiger partial charge in [-0.05, 0) is 36.9 Å². The van der Waals surface area contributed by atoms with Crippen LogP contribution in [0.5, 0.6) is 0 Å². The first-order valence-electron chi connectivity index (χ1n) is 5.18. The smallest absolute Gasteiger partial charge is 0.270 e.